The van der Waals surface area contributed by atoms with Crippen molar-refractivity contribution in [1.82, 2.24) is 9.55 Å². The van der Waals surface area contributed by atoms with Crippen LogP contribution >= 0.6 is 0 Å². The quantitative estimate of drug-likeness (QED) is 0.855. The van der Waals surface area contributed by atoms with Gasteiger partial charge in [0.25, 0.3) is 0 Å². The molecule has 0 saturated heterocycles. The molecule has 1 aromatic heterocycles. The van der Waals surface area contributed by atoms with Crippen LogP contribution in [0.15, 0.2) is 36.8 Å². The fourth-order valence-electron chi connectivity index (χ4n) is 2.10. The van der Waals surface area contributed by atoms with E-state index >= 15 is 0 Å². The molecule has 0 aliphatic rings. The molecule has 2 aromatic rings. The van der Waals surface area contributed by atoms with Crippen LogP contribution < -0.4 is 5.73 Å². The van der Waals surface area contributed by atoms with Crippen LogP contribution in [-0.4, -0.2) is 16.1 Å². The smallest absolute Gasteiger partial charge is 0.0994 e. The lowest BCUT2D eigenvalue weighted by Crippen LogP contribution is -2.08. The fraction of sp³-hybridized carbons (Fsp3) is 0.357. The van der Waals surface area contributed by atoms with Crippen LogP contribution in [-0.2, 0) is 12.8 Å². The lowest BCUT2D eigenvalue weighted by atomic mass is 10.1. The highest BCUT2D eigenvalue weighted by Gasteiger charge is 2.07. The second kappa shape index (κ2) is 5.64. The minimum atomic E-state index is 0.654. The number of benzene rings is 1. The zero-order valence-electron chi connectivity index (χ0n) is 10.3. The third-order valence-corrected chi connectivity index (χ3v) is 2.89. The molecule has 0 fully saturated rings. The molecule has 0 aliphatic heterocycles. The van der Waals surface area contributed by atoms with E-state index in [0.29, 0.717) is 6.54 Å². The van der Waals surface area contributed by atoms with Gasteiger partial charge in [0.2, 0.25) is 0 Å². The second-order valence-electron chi connectivity index (χ2n) is 4.17. The van der Waals surface area contributed by atoms with Crippen molar-refractivity contribution in [1.29, 1.82) is 0 Å². The molecule has 2 N–H and O–H groups in total. The van der Waals surface area contributed by atoms with Gasteiger partial charge in [-0.25, -0.2) is 4.98 Å². The number of imidazole rings is 1. The van der Waals surface area contributed by atoms with E-state index in [0.717, 1.165) is 19.3 Å². The van der Waals surface area contributed by atoms with E-state index < -0.39 is 0 Å². The summed E-state index contributed by atoms with van der Waals surface area (Å²) >= 11 is 0. The van der Waals surface area contributed by atoms with Crippen molar-refractivity contribution < 1.29 is 0 Å². The van der Waals surface area contributed by atoms with E-state index in [-0.39, 0.29) is 0 Å². The highest BCUT2D eigenvalue weighted by atomic mass is 15.1. The Balaban J connectivity index is 2.41. The number of hydrogen-bond acceptors (Lipinski definition) is 2. The summed E-state index contributed by atoms with van der Waals surface area (Å²) in [6.07, 6.45) is 6.88. The Labute approximate surface area is 102 Å². The Kier molecular flexibility index (Phi) is 3.94. The maximum absolute atomic E-state index is 5.62. The molecular formula is C14H19N3. The minimum Gasteiger partial charge on any atom is -0.330 e. The minimum absolute atomic E-state index is 0.654. The van der Waals surface area contributed by atoms with Crippen molar-refractivity contribution in [2.75, 3.05) is 6.54 Å². The number of rotatable bonds is 5. The van der Waals surface area contributed by atoms with Gasteiger partial charge in [0.15, 0.2) is 0 Å². The van der Waals surface area contributed by atoms with Gasteiger partial charge in [-0.3, -0.25) is 0 Å². The van der Waals surface area contributed by atoms with Gasteiger partial charge in [0, 0.05) is 24.0 Å². The average molecular weight is 229 g/mol. The van der Waals surface area contributed by atoms with Crippen molar-refractivity contribution in [3.05, 3.63) is 48.0 Å². The van der Waals surface area contributed by atoms with E-state index in [4.69, 9.17) is 5.73 Å². The molecule has 2 rings (SSSR count). The van der Waals surface area contributed by atoms with Gasteiger partial charge in [0.1, 0.15) is 0 Å². The molecule has 0 amide bonds. The predicted molar refractivity (Wildman–Crippen MR) is 70.3 cm³/mol. The summed E-state index contributed by atoms with van der Waals surface area (Å²) in [5.74, 6) is 0. The van der Waals surface area contributed by atoms with Crippen LogP contribution in [0.2, 0.25) is 0 Å². The Morgan fingerprint density at radius 2 is 2.06 bits per heavy atom. The molecule has 0 unspecified atom stereocenters. The van der Waals surface area contributed by atoms with E-state index in [1.165, 1.54) is 16.9 Å². The molecule has 1 heterocycles. The first-order valence-corrected chi connectivity index (χ1v) is 6.16. The van der Waals surface area contributed by atoms with E-state index in [2.05, 4.69) is 40.7 Å². The van der Waals surface area contributed by atoms with Crippen molar-refractivity contribution >= 4 is 0 Å². The van der Waals surface area contributed by atoms with Crippen LogP contribution in [0.3, 0.4) is 0 Å². The Morgan fingerprint density at radius 1 is 1.24 bits per heavy atom. The summed E-state index contributed by atoms with van der Waals surface area (Å²) in [5.41, 5.74) is 9.40. The maximum Gasteiger partial charge on any atom is 0.0994 e. The second-order valence-corrected chi connectivity index (χ2v) is 4.17. The van der Waals surface area contributed by atoms with Crippen molar-refractivity contribution in [3.8, 4) is 5.69 Å². The molecule has 17 heavy (non-hydrogen) atoms. The van der Waals surface area contributed by atoms with Gasteiger partial charge >= 0.3 is 0 Å². The van der Waals surface area contributed by atoms with Gasteiger partial charge in [-0.05, 0) is 24.6 Å². The van der Waals surface area contributed by atoms with E-state index in [1.54, 1.807) is 0 Å². The number of para-hydroxylation sites is 1. The Bertz CT molecular complexity index is 474. The third-order valence-electron chi connectivity index (χ3n) is 2.89. The molecule has 0 atom stereocenters. The summed E-state index contributed by atoms with van der Waals surface area (Å²) in [7, 11) is 0. The first kappa shape index (κ1) is 11.9. The summed E-state index contributed by atoms with van der Waals surface area (Å²) in [6.45, 7) is 2.85. The molecule has 0 bridgehead atoms. The van der Waals surface area contributed by atoms with Crippen molar-refractivity contribution in [2.24, 2.45) is 5.73 Å². The molecule has 0 spiro atoms. The fourth-order valence-corrected chi connectivity index (χ4v) is 2.10. The largest absolute Gasteiger partial charge is 0.330 e. The standard InChI is InChI=1S/C14H19N3/c1-2-5-12-6-3-4-7-14(12)17-11-16-10-13(17)8-9-15/h3-4,6-7,10-11H,2,5,8-9,15H2,1H3. The monoisotopic (exact) mass is 229 g/mol. The number of hydrogen-bond donors (Lipinski definition) is 1. The summed E-state index contributed by atoms with van der Waals surface area (Å²) in [4.78, 5) is 4.23. The van der Waals surface area contributed by atoms with Gasteiger partial charge in [-0.2, -0.15) is 0 Å². The molecule has 3 nitrogen and oxygen atoms in total. The molecule has 90 valence electrons. The third kappa shape index (κ3) is 2.56. The number of aryl methyl sites for hydroxylation is 1. The summed E-state index contributed by atoms with van der Waals surface area (Å²) < 4.78 is 2.15. The van der Waals surface area contributed by atoms with Crippen molar-refractivity contribution in [3.63, 3.8) is 0 Å². The molecule has 0 aliphatic carbocycles. The van der Waals surface area contributed by atoms with Gasteiger partial charge < -0.3 is 10.3 Å². The molecule has 1 aromatic carbocycles. The molecule has 0 radical (unpaired) electrons. The summed E-state index contributed by atoms with van der Waals surface area (Å²) in [5, 5.41) is 0. The van der Waals surface area contributed by atoms with E-state index in [9.17, 15) is 0 Å². The average Bonchev–Trinajstić information content (AvgIpc) is 2.79. The zero-order chi connectivity index (χ0) is 12.1. The van der Waals surface area contributed by atoms with Crippen LogP contribution in [0, 0.1) is 0 Å². The maximum atomic E-state index is 5.62. The van der Waals surface area contributed by atoms with Crippen LogP contribution in [0.25, 0.3) is 5.69 Å². The predicted octanol–water partition coefficient (Wildman–Crippen LogP) is 2.33. The van der Waals surface area contributed by atoms with Crippen LogP contribution in [0.1, 0.15) is 24.6 Å². The van der Waals surface area contributed by atoms with Crippen LogP contribution in [0.5, 0.6) is 0 Å². The lowest BCUT2D eigenvalue weighted by Gasteiger charge is -2.12. The first-order valence-electron chi connectivity index (χ1n) is 6.16. The highest BCUT2D eigenvalue weighted by molar-refractivity contribution is 5.42. The summed E-state index contributed by atoms with van der Waals surface area (Å²) in [6, 6.07) is 8.49. The highest BCUT2D eigenvalue weighted by Crippen LogP contribution is 2.18. The van der Waals surface area contributed by atoms with Gasteiger partial charge in [0.05, 0.1) is 6.33 Å². The molecule has 3 heteroatoms. The topological polar surface area (TPSA) is 43.8 Å². The van der Waals surface area contributed by atoms with Crippen LogP contribution in [0.4, 0.5) is 0 Å². The normalized spacial score (nSPS) is 10.7. The number of aromatic nitrogens is 2. The van der Waals surface area contributed by atoms with Gasteiger partial charge in [-0.15, -0.1) is 0 Å². The van der Waals surface area contributed by atoms with E-state index in [1.807, 2.05) is 12.5 Å². The SMILES string of the molecule is CCCc1ccccc1-n1cncc1CCN. The Hall–Kier alpha value is -1.61. The van der Waals surface area contributed by atoms with Gasteiger partial charge in [-0.1, -0.05) is 31.5 Å². The van der Waals surface area contributed by atoms with Crippen molar-refractivity contribution in [2.45, 2.75) is 26.2 Å². The Morgan fingerprint density at radius 3 is 2.82 bits per heavy atom. The zero-order valence-corrected chi connectivity index (χ0v) is 10.3. The first-order chi connectivity index (χ1) is 8.36. The molecular weight excluding hydrogens is 210 g/mol. The number of nitrogens with zero attached hydrogens (tertiary/aromatic N) is 2. The number of nitrogens with two attached hydrogens (primary N) is 1. The lowest BCUT2D eigenvalue weighted by molar-refractivity contribution is 0.849. The molecule has 0 saturated carbocycles.